The first-order valence-corrected chi connectivity index (χ1v) is 12.4. The van der Waals surface area contributed by atoms with Gasteiger partial charge < -0.3 is 4.90 Å². The van der Waals surface area contributed by atoms with Crippen LogP contribution >= 0.6 is 11.6 Å². The number of carbonyl (C=O) groups is 1. The summed E-state index contributed by atoms with van der Waals surface area (Å²) in [6.07, 6.45) is 8.16. The summed E-state index contributed by atoms with van der Waals surface area (Å²) in [7, 11) is 0. The normalized spacial score (nSPS) is 25.3. The number of amides is 1. The third-order valence-corrected chi connectivity index (χ3v) is 7.92. The quantitative estimate of drug-likeness (QED) is 0.588. The number of nitrogens with zero attached hydrogens (tertiary/aromatic N) is 2. The molecule has 0 saturated carbocycles. The minimum Gasteiger partial charge on any atom is -0.333 e. The molecule has 5 rings (SSSR count). The highest BCUT2D eigenvalue weighted by molar-refractivity contribution is 6.30. The highest BCUT2D eigenvalue weighted by atomic mass is 35.5. The molecule has 31 heavy (non-hydrogen) atoms. The van der Waals surface area contributed by atoms with Gasteiger partial charge in [0.05, 0.1) is 0 Å². The minimum absolute atomic E-state index is 0.171. The molecule has 3 aliphatic rings. The van der Waals surface area contributed by atoms with Crippen LogP contribution in [0.4, 0.5) is 0 Å². The van der Waals surface area contributed by atoms with E-state index in [1.165, 1.54) is 43.5 Å². The maximum absolute atomic E-state index is 13.2. The Morgan fingerprint density at radius 3 is 2.32 bits per heavy atom. The monoisotopic (exact) mass is 436 g/mol. The Hall–Kier alpha value is -1.84. The molecular formula is C27H33ClN2O. The van der Waals surface area contributed by atoms with Gasteiger partial charge in [-0.2, -0.15) is 0 Å². The fourth-order valence-electron chi connectivity index (χ4n) is 6.38. The summed E-state index contributed by atoms with van der Waals surface area (Å²) in [6.45, 7) is 4.65. The van der Waals surface area contributed by atoms with Crippen LogP contribution in [0, 0.1) is 5.92 Å². The van der Waals surface area contributed by atoms with Gasteiger partial charge in [0.25, 0.3) is 5.91 Å². The molecular weight excluding hydrogens is 404 g/mol. The zero-order chi connectivity index (χ0) is 21.4. The number of fused-ring (bicyclic) bond motifs is 3. The summed E-state index contributed by atoms with van der Waals surface area (Å²) in [4.78, 5) is 18.2. The Balaban J connectivity index is 1.25. The summed E-state index contributed by atoms with van der Waals surface area (Å²) < 4.78 is 0. The van der Waals surface area contributed by atoms with Crippen molar-refractivity contribution in [3.63, 3.8) is 0 Å². The van der Waals surface area contributed by atoms with Crippen molar-refractivity contribution in [1.29, 1.82) is 0 Å². The van der Waals surface area contributed by atoms with Crippen molar-refractivity contribution in [1.82, 2.24) is 9.80 Å². The molecule has 4 heteroatoms. The fourth-order valence-corrected chi connectivity index (χ4v) is 6.57. The Morgan fingerprint density at radius 2 is 1.71 bits per heavy atom. The van der Waals surface area contributed by atoms with Gasteiger partial charge in [0.2, 0.25) is 0 Å². The van der Waals surface area contributed by atoms with Gasteiger partial charge in [-0.3, -0.25) is 9.69 Å². The Labute approximate surface area is 191 Å². The van der Waals surface area contributed by atoms with Gasteiger partial charge in [0, 0.05) is 35.3 Å². The van der Waals surface area contributed by atoms with Crippen LogP contribution in [-0.2, 0) is 12.8 Å². The summed E-state index contributed by atoms with van der Waals surface area (Å²) in [6, 6.07) is 17.8. The van der Waals surface area contributed by atoms with E-state index in [1.807, 2.05) is 24.3 Å². The van der Waals surface area contributed by atoms with Crippen molar-refractivity contribution in [2.75, 3.05) is 13.1 Å². The first-order valence-electron chi connectivity index (χ1n) is 12.0. The predicted octanol–water partition coefficient (Wildman–Crippen LogP) is 5.60. The molecule has 0 unspecified atom stereocenters. The molecule has 2 fully saturated rings. The molecule has 3 atom stereocenters. The second-order valence-corrected chi connectivity index (χ2v) is 10.2. The van der Waals surface area contributed by atoms with E-state index >= 15 is 0 Å². The smallest absolute Gasteiger partial charge is 0.254 e. The van der Waals surface area contributed by atoms with E-state index in [1.54, 1.807) is 0 Å². The average molecular weight is 437 g/mol. The fraction of sp³-hybridized carbons (Fsp3) is 0.519. The Bertz CT molecular complexity index is 905. The topological polar surface area (TPSA) is 23.6 Å². The van der Waals surface area contributed by atoms with Gasteiger partial charge in [-0.1, -0.05) is 48.9 Å². The maximum Gasteiger partial charge on any atom is 0.254 e. The second kappa shape index (κ2) is 8.96. The van der Waals surface area contributed by atoms with Gasteiger partial charge in [0.1, 0.15) is 0 Å². The van der Waals surface area contributed by atoms with E-state index < -0.39 is 0 Å². The molecule has 164 valence electrons. The number of carbonyl (C=O) groups excluding carboxylic acids is 1. The predicted molar refractivity (Wildman–Crippen MR) is 127 cm³/mol. The third kappa shape index (κ3) is 4.27. The van der Waals surface area contributed by atoms with Gasteiger partial charge in [0.15, 0.2) is 0 Å². The lowest BCUT2D eigenvalue weighted by molar-refractivity contribution is 0.0455. The molecule has 0 N–H and O–H groups in total. The second-order valence-electron chi connectivity index (χ2n) is 9.77. The zero-order valence-corrected chi connectivity index (χ0v) is 19.2. The molecule has 2 saturated heterocycles. The summed E-state index contributed by atoms with van der Waals surface area (Å²) in [5.41, 5.74) is 3.81. The number of piperidine rings is 1. The summed E-state index contributed by atoms with van der Waals surface area (Å²) >= 11 is 6.15. The van der Waals surface area contributed by atoms with E-state index in [-0.39, 0.29) is 5.91 Å². The first kappa shape index (κ1) is 21.0. The average Bonchev–Trinajstić information content (AvgIpc) is 3.31. The summed E-state index contributed by atoms with van der Waals surface area (Å²) in [5, 5.41) is 0.640. The lowest BCUT2D eigenvalue weighted by Crippen LogP contribution is -2.49. The van der Waals surface area contributed by atoms with Gasteiger partial charge in [-0.25, -0.2) is 0 Å². The zero-order valence-electron chi connectivity index (χ0n) is 18.5. The third-order valence-electron chi connectivity index (χ3n) is 7.69. The van der Waals surface area contributed by atoms with Crippen molar-refractivity contribution in [3.05, 3.63) is 70.2 Å². The maximum atomic E-state index is 13.2. The lowest BCUT2D eigenvalue weighted by atomic mass is 9.89. The van der Waals surface area contributed by atoms with Crippen molar-refractivity contribution < 1.29 is 4.79 Å². The Kier molecular flexibility index (Phi) is 6.08. The molecule has 2 aromatic carbocycles. The number of rotatable bonds is 6. The highest BCUT2D eigenvalue weighted by Gasteiger charge is 2.44. The molecule has 2 aromatic rings. The number of halogens is 1. The first-order chi connectivity index (χ1) is 15.1. The minimum atomic E-state index is 0.171. The van der Waals surface area contributed by atoms with Crippen LogP contribution in [0.1, 0.15) is 60.5 Å². The molecule has 0 spiro atoms. The largest absolute Gasteiger partial charge is 0.333 e. The van der Waals surface area contributed by atoms with Gasteiger partial charge in [-0.15, -0.1) is 0 Å². The van der Waals surface area contributed by atoms with Crippen molar-refractivity contribution in [2.45, 2.75) is 70.0 Å². The van der Waals surface area contributed by atoms with E-state index in [0.717, 1.165) is 31.2 Å². The summed E-state index contributed by atoms with van der Waals surface area (Å²) in [5.74, 6) is 0.862. The van der Waals surface area contributed by atoms with E-state index in [4.69, 9.17) is 11.6 Å². The van der Waals surface area contributed by atoms with Crippen LogP contribution < -0.4 is 0 Å². The molecule has 1 amide bonds. The van der Waals surface area contributed by atoms with Crippen LogP contribution in [0.25, 0.3) is 0 Å². The van der Waals surface area contributed by atoms with E-state index in [9.17, 15) is 4.79 Å². The van der Waals surface area contributed by atoms with Crippen LogP contribution in [0.3, 0.4) is 0 Å². The Morgan fingerprint density at radius 1 is 1.03 bits per heavy atom. The lowest BCUT2D eigenvalue weighted by Gasteiger charge is -2.41. The molecule has 2 aliphatic heterocycles. The van der Waals surface area contributed by atoms with Crippen molar-refractivity contribution in [3.8, 4) is 0 Å². The van der Waals surface area contributed by atoms with Crippen LogP contribution in [0.2, 0.25) is 5.02 Å². The van der Waals surface area contributed by atoms with Crippen LogP contribution in [0.15, 0.2) is 48.5 Å². The number of benzene rings is 2. The van der Waals surface area contributed by atoms with Crippen LogP contribution in [0.5, 0.6) is 0 Å². The highest BCUT2D eigenvalue weighted by Crippen LogP contribution is 2.40. The molecule has 2 heterocycles. The number of hydrogen-bond donors (Lipinski definition) is 0. The molecule has 0 aromatic heterocycles. The van der Waals surface area contributed by atoms with Crippen molar-refractivity contribution in [2.24, 2.45) is 5.92 Å². The van der Waals surface area contributed by atoms with Crippen LogP contribution in [-0.4, -0.2) is 46.9 Å². The number of hydrogen-bond acceptors (Lipinski definition) is 2. The SMILES string of the molecule is CCCN(C[C@@H]1C[C@H]2CC[C@@H](C1)N2C(=O)c1cccc(Cl)c1)C1Cc2ccccc2C1. The molecule has 3 nitrogen and oxygen atoms in total. The van der Waals surface area contributed by atoms with Crippen molar-refractivity contribution >= 4 is 17.5 Å². The van der Waals surface area contributed by atoms with Gasteiger partial charge >= 0.3 is 0 Å². The molecule has 1 aliphatic carbocycles. The standard InChI is InChI=1S/C27H33ClN2O/c1-2-12-29(26-16-20-6-3-4-7-21(20)17-26)18-19-13-24-10-11-25(14-19)30(24)27(31)22-8-5-9-23(28)15-22/h3-9,15,19,24-26H,2,10-14,16-18H2,1H3/t19-,24-,25+. The van der Waals surface area contributed by atoms with Gasteiger partial charge in [-0.05, 0) is 86.7 Å². The molecule has 2 bridgehead atoms. The van der Waals surface area contributed by atoms with E-state index in [2.05, 4.69) is 41.0 Å². The molecule has 0 radical (unpaired) electrons. The van der Waals surface area contributed by atoms with E-state index in [0.29, 0.717) is 29.1 Å².